The lowest BCUT2D eigenvalue weighted by Gasteiger charge is -2.32. The number of nitrogens with one attached hydrogen (secondary N) is 1. The Morgan fingerprint density at radius 2 is 1.62 bits per heavy atom. The summed E-state index contributed by atoms with van der Waals surface area (Å²) in [6.07, 6.45) is -0.763. The highest BCUT2D eigenvalue weighted by molar-refractivity contribution is 6.04. The topological polar surface area (TPSA) is 71.1 Å². The van der Waals surface area contributed by atoms with Crippen molar-refractivity contribution in [3.8, 4) is 5.75 Å². The van der Waals surface area contributed by atoms with Gasteiger partial charge >= 0.3 is 6.16 Å². The van der Waals surface area contributed by atoms with E-state index in [0.717, 1.165) is 38.4 Å². The minimum Gasteiger partial charge on any atom is -0.434 e. The summed E-state index contributed by atoms with van der Waals surface area (Å²) in [4.78, 5) is 28.5. The lowest BCUT2D eigenvalue weighted by atomic mass is 10.1. The van der Waals surface area contributed by atoms with Crippen molar-refractivity contribution in [1.29, 1.82) is 0 Å². The number of benzene rings is 2. The maximum Gasteiger partial charge on any atom is 0.513 e. The van der Waals surface area contributed by atoms with E-state index >= 15 is 0 Å². The molecule has 1 amide bonds. The zero-order valence-electron chi connectivity index (χ0n) is 16.9. The molecule has 0 aliphatic carbocycles. The van der Waals surface area contributed by atoms with Gasteiger partial charge in [-0.1, -0.05) is 12.1 Å². The molecular weight excluding hydrogens is 370 g/mol. The Balaban J connectivity index is 1.51. The third kappa shape index (κ3) is 6.30. The largest absolute Gasteiger partial charge is 0.513 e. The summed E-state index contributed by atoms with van der Waals surface area (Å²) in [6, 6.07) is 14.3. The third-order valence-corrected chi connectivity index (χ3v) is 4.79. The minimum atomic E-state index is -0.763. The molecule has 1 aliphatic heterocycles. The van der Waals surface area contributed by atoms with Crippen molar-refractivity contribution in [2.24, 2.45) is 0 Å². The first-order chi connectivity index (χ1) is 14.0. The van der Waals surface area contributed by atoms with Crippen LogP contribution in [0, 0.1) is 0 Å². The summed E-state index contributed by atoms with van der Waals surface area (Å²) < 4.78 is 9.71. The quantitative estimate of drug-likeness (QED) is 0.596. The summed E-state index contributed by atoms with van der Waals surface area (Å²) in [7, 11) is 2.15. The van der Waals surface area contributed by atoms with Crippen LogP contribution in [0.5, 0.6) is 5.75 Å². The Bertz CT molecular complexity index is 813. The monoisotopic (exact) mass is 397 g/mol. The first kappa shape index (κ1) is 20.8. The summed E-state index contributed by atoms with van der Waals surface area (Å²) in [5.41, 5.74) is 2.44. The maximum absolute atomic E-state index is 12.4. The number of ether oxygens (including phenoxy) is 2. The van der Waals surface area contributed by atoms with E-state index in [1.165, 1.54) is 5.56 Å². The summed E-state index contributed by atoms with van der Waals surface area (Å²) in [5.74, 6) is 0.104. The van der Waals surface area contributed by atoms with Crippen molar-refractivity contribution in [2.75, 3.05) is 45.2 Å². The van der Waals surface area contributed by atoms with Crippen LogP contribution in [0.15, 0.2) is 48.5 Å². The first-order valence-electron chi connectivity index (χ1n) is 9.79. The number of piperazine rings is 1. The fourth-order valence-electron chi connectivity index (χ4n) is 3.08. The molecule has 3 rings (SSSR count). The Kier molecular flexibility index (Phi) is 7.21. The number of carbonyl (C=O) groups excluding carboxylic acids is 2. The Morgan fingerprint density at radius 1 is 0.966 bits per heavy atom. The molecule has 1 aliphatic rings. The van der Waals surface area contributed by atoms with Gasteiger partial charge < -0.3 is 19.7 Å². The second-order valence-corrected chi connectivity index (χ2v) is 7.04. The van der Waals surface area contributed by atoms with Crippen LogP contribution in [0.25, 0.3) is 0 Å². The average molecular weight is 397 g/mol. The van der Waals surface area contributed by atoms with E-state index in [4.69, 9.17) is 9.47 Å². The van der Waals surface area contributed by atoms with Crippen LogP contribution in [0.2, 0.25) is 0 Å². The minimum absolute atomic E-state index is 0.223. The molecular formula is C22H27N3O4. The fraction of sp³-hybridized carbons (Fsp3) is 0.364. The van der Waals surface area contributed by atoms with E-state index < -0.39 is 6.16 Å². The predicted octanol–water partition coefficient (Wildman–Crippen LogP) is 3.22. The van der Waals surface area contributed by atoms with Gasteiger partial charge in [0.1, 0.15) is 5.75 Å². The summed E-state index contributed by atoms with van der Waals surface area (Å²) in [6.45, 7) is 7.20. The van der Waals surface area contributed by atoms with Crippen molar-refractivity contribution in [2.45, 2.75) is 13.5 Å². The molecule has 2 aromatic carbocycles. The van der Waals surface area contributed by atoms with Crippen molar-refractivity contribution < 1.29 is 19.1 Å². The second kappa shape index (κ2) is 10.0. The van der Waals surface area contributed by atoms with Gasteiger partial charge in [0.15, 0.2) is 0 Å². The number of anilines is 1. The molecule has 1 heterocycles. The molecule has 0 atom stereocenters. The van der Waals surface area contributed by atoms with Crippen molar-refractivity contribution in [3.05, 3.63) is 59.7 Å². The molecule has 0 unspecified atom stereocenters. The number of hydrogen-bond acceptors (Lipinski definition) is 6. The molecule has 7 heteroatoms. The van der Waals surface area contributed by atoms with E-state index in [2.05, 4.69) is 22.2 Å². The molecule has 2 aromatic rings. The Morgan fingerprint density at radius 3 is 2.24 bits per heavy atom. The van der Waals surface area contributed by atoms with Crippen LogP contribution in [0.3, 0.4) is 0 Å². The summed E-state index contributed by atoms with van der Waals surface area (Å²) in [5, 5.41) is 2.88. The van der Waals surface area contributed by atoms with Gasteiger partial charge in [-0.15, -0.1) is 0 Å². The lowest BCUT2D eigenvalue weighted by Crippen LogP contribution is -2.43. The highest BCUT2D eigenvalue weighted by atomic mass is 16.7. The number of carbonyl (C=O) groups is 2. The van der Waals surface area contributed by atoms with E-state index in [1.807, 2.05) is 24.3 Å². The van der Waals surface area contributed by atoms with Gasteiger partial charge in [-0.25, -0.2) is 4.79 Å². The SMILES string of the molecule is CCOC(=O)Oc1ccc(C(=O)Nc2ccc(CN3CCN(C)CC3)cc2)cc1. The molecule has 0 aromatic heterocycles. The lowest BCUT2D eigenvalue weighted by molar-refractivity contribution is 0.102. The predicted molar refractivity (Wildman–Crippen MR) is 111 cm³/mol. The average Bonchev–Trinajstić information content (AvgIpc) is 2.72. The van der Waals surface area contributed by atoms with E-state index in [0.29, 0.717) is 11.3 Å². The van der Waals surface area contributed by atoms with Gasteiger partial charge in [0, 0.05) is 44.0 Å². The van der Waals surface area contributed by atoms with Crippen molar-refractivity contribution in [1.82, 2.24) is 9.80 Å². The highest BCUT2D eigenvalue weighted by Crippen LogP contribution is 2.16. The van der Waals surface area contributed by atoms with Gasteiger partial charge in [0.05, 0.1) is 6.61 Å². The van der Waals surface area contributed by atoms with E-state index in [-0.39, 0.29) is 12.5 Å². The Hall–Kier alpha value is -2.90. The molecule has 0 saturated carbocycles. The molecule has 154 valence electrons. The number of nitrogens with zero attached hydrogens (tertiary/aromatic N) is 2. The Labute approximate surface area is 171 Å². The molecule has 1 N–H and O–H groups in total. The van der Waals surface area contributed by atoms with Crippen molar-refractivity contribution >= 4 is 17.7 Å². The number of rotatable bonds is 6. The highest BCUT2D eigenvalue weighted by Gasteiger charge is 2.14. The third-order valence-electron chi connectivity index (χ3n) is 4.79. The molecule has 7 nitrogen and oxygen atoms in total. The van der Waals surface area contributed by atoms with Crippen molar-refractivity contribution in [3.63, 3.8) is 0 Å². The first-order valence-corrected chi connectivity index (χ1v) is 9.79. The van der Waals surface area contributed by atoms with Crippen LogP contribution in [-0.2, 0) is 11.3 Å². The standard InChI is InChI=1S/C22H27N3O4/c1-3-28-22(27)29-20-10-6-18(7-11-20)21(26)23-19-8-4-17(5-9-19)16-25-14-12-24(2)13-15-25/h4-11H,3,12-16H2,1-2H3,(H,23,26). The summed E-state index contributed by atoms with van der Waals surface area (Å²) >= 11 is 0. The van der Waals surface area contributed by atoms with Crippen LogP contribution in [0.4, 0.5) is 10.5 Å². The van der Waals surface area contributed by atoms with E-state index in [9.17, 15) is 9.59 Å². The van der Waals surface area contributed by atoms with Gasteiger partial charge in [-0.2, -0.15) is 0 Å². The maximum atomic E-state index is 12.4. The number of amides is 1. The van der Waals surface area contributed by atoms with Gasteiger partial charge in [-0.3, -0.25) is 9.69 Å². The van der Waals surface area contributed by atoms with Crippen LogP contribution in [0.1, 0.15) is 22.8 Å². The second-order valence-electron chi connectivity index (χ2n) is 7.04. The zero-order chi connectivity index (χ0) is 20.6. The molecule has 1 saturated heterocycles. The fourth-order valence-corrected chi connectivity index (χ4v) is 3.08. The molecule has 29 heavy (non-hydrogen) atoms. The molecule has 0 radical (unpaired) electrons. The van der Waals surface area contributed by atoms with Gasteiger partial charge in [-0.05, 0) is 55.9 Å². The molecule has 0 spiro atoms. The molecule has 0 bridgehead atoms. The zero-order valence-corrected chi connectivity index (χ0v) is 16.9. The molecule has 1 fully saturated rings. The smallest absolute Gasteiger partial charge is 0.434 e. The van der Waals surface area contributed by atoms with Gasteiger partial charge in [0.2, 0.25) is 0 Å². The van der Waals surface area contributed by atoms with Crippen LogP contribution in [-0.4, -0.2) is 61.7 Å². The van der Waals surface area contributed by atoms with Crippen LogP contribution >= 0.6 is 0 Å². The van der Waals surface area contributed by atoms with Crippen LogP contribution < -0.4 is 10.1 Å². The number of hydrogen-bond donors (Lipinski definition) is 1. The number of likely N-dealkylation sites (N-methyl/N-ethyl adjacent to an activating group) is 1. The normalized spacial score (nSPS) is 15.0. The van der Waals surface area contributed by atoms with E-state index in [1.54, 1.807) is 31.2 Å². The van der Waals surface area contributed by atoms with Gasteiger partial charge in [0.25, 0.3) is 5.91 Å².